The molecule has 0 amide bonds. The molecule has 76 valence electrons. The molecule has 0 saturated heterocycles. The van der Waals surface area contributed by atoms with Gasteiger partial charge < -0.3 is 0 Å². The van der Waals surface area contributed by atoms with Crippen molar-refractivity contribution >= 4 is 5.78 Å². The number of hydrogen-bond acceptors (Lipinski definition) is 1. The van der Waals surface area contributed by atoms with Crippen LogP contribution in [0.25, 0.3) is 0 Å². The Kier molecular flexibility index (Phi) is 8.77. The summed E-state index contributed by atoms with van der Waals surface area (Å²) in [6, 6.07) is 0. The van der Waals surface area contributed by atoms with Gasteiger partial charge in [-0.3, -0.25) is 4.79 Å². The first-order valence-electron chi connectivity index (χ1n) is 4.90. The highest BCUT2D eigenvalue weighted by Crippen LogP contribution is 1.94. The fraction of sp³-hybridized carbons (Fsp3) is 0.308. The largest absolute Gasteiger partial charge is 0.290 e. The van der Waals surface area contributed by atoms with Gasteiger partial charge in [-0.05, 0) is 37.8 Å². The van der Waals surface area contributed by atoms with Crippen molar-refractivity contribution in [3.63, 3.8) is 0 Å². The van der Waals surface area contributed by atoms with E-state index in [1.54, 1.807) is 12.2 Å². The Balaban J connectivity index is 3.62. The van der Waals surface area contributed by atoms with E-state index in [-0.39, 0.29) is 5.78 Å². The zero-order valence-electron chi connectivity index (χ0n) is 8.61. The van der Waals surface area contributed by atoms with Gasteiger partial charge in [-0.15, -0.1) is 13.2 Å². The lowest BCUT2D eigenvalue weighted by molar-refractivity contribution is -0.110. The number of allylic oxidation sites excluding steroid dienone is 6. The highest BCUT2D eigenvalue weighted by Gasteiger charge is 1.86. The topological polar surface area (TPSA) is 17.1 Å². The fourth-order valence-electron chi connectivity index (χ4n) is 0.883. The summed E-state index contributed by atoms with van der Waals surface area (Å²) in [5.41, 5.74) is 0. The molecule has 1 nitrogen and oxygen atoms in total. The predicted octanol–water partition coefficient (Wildman–Crippen LogP) is 3.60. The third-order valence-corrected chi connectivity index (χ3v) is 1.64. The molecule has 0 radical (unpaired) electrons. The maximum absolute atomic E-state index is 11.1. The van der Waals surface area contributed by atoms with E-state index in [1.165, 1.54) is 0 Å². The highest BCUT2D eigenvalue weighted by molar-refractivity contribution is 5.99. The van der Waals surface area contributed by atoms with Crippen LogP contribution in [-0.4, -0.2) is 5.78 Å². The summed E-state index contributed by atoms with van der Waals surface area (Å²) in [6.07, 6.45) is 14.3. The maximum atomic E-state index is 11.1. The third-order valence-electron chi connectivity index (χ3n) is 1.64. The quantitative estimate of drug-likeness (QED) is 0.325. The molecule has 1 heteroatoms. The van der Waals surface area contributed by atoms with Gasteiger partial charge in [0.15, 0.2) is 5.78 Å². The van der Waals surface area contributed by atoms with Crippen LogP contribution in [0.15, 0.2) is 49.6 Å². The van der Waals surface area contributed by atoms with Crippen molar-refractivity contribution in [3.05, 3.63) is 49.6 Å². The van der Waals surface area contributed by atoms with E-state index in [1.807, 2.05) is 24.3 Å². The Bertz CT molecular complexity index is 210. The molecule has 0 aliphatic carbocycles. The molecule has 0 unspecified atom stereocenters. The van der Waals surface area contributed by atoms with Crippen molar-refractivity contribution in [2.75, 3.05) is 0 Å². The number of unbranched alkanes of at least 4 members (excludes halogenated alkanes) is 2. The molecule has 0 N–H and O–H groups in total. The summed E-state index contributed by atoms with van der Waals surface area (Å²) in [4.78, 5) is 11.1. The SMILES string of the molecule is C=CCC/C=C/C(=O)/C=C/CCC=C. The van der Waals surface area contributed by atoms with Crippen LogP contribution >= 0.6 is 0 Å². The van der Waals surface area contributed by atoms with Crippen LogP contribution in [-0.2, 0) is 4.79 Å². The third kappa shape index (κ3) is 8.72. The van der Waals surface area contributed by atoms with E-state index >= 15 is 0 Å². The minimum absolute atomic E-state index is 0.0538. The van der Waals surface area contributed by atoms with Crippen LogP contribution in [0, 0.1) is 0 Å². The summed E-state index contributed by atoms with van der Waals surface area (Å²) in [5, 5.41) is 0. The molecular weight excluding hydrogens is 172 g/mol. The summed E-state index contributed by atoms with van der Waals surface area (Å²) >= 11 is 0. The van der Waals surface area contributed by atoms with E-state index in [0.29, 0.717) is 0 Å². The molecule has 0 aromatic heterocycles. The second kappa shape index (κ2) is 9.72. The molecule has 0 aromatic rings. The maximum Gasteiger partial charge on any atom is 0.177 e. The van der Waals surface area contributed by atoms with Gasteiger partial charge in [-0.25, -0.2) is 0 Å². The van der Waals surface area contributed by atoms with Crippen molar-refractivity contribution in [3.8, 4) is 0 Å². The smallest absolute Gasteiger partial charge is 0.177 e. The minimum atomic E-state index is 0.0538. The van der Waals surface area contributed by atoms with Crippen LogP contribution < -0.4 is 0 Å². The van der Waals surface area contributed by atoms with Gasteiger partial charge in [0.1, 0.15) is 0 Å². The average molecular weight is 190 g/mol. The number of carbonyl (C=O) groups excluding carboxylic acids is 1. The minimum Gasteiger partial charge on any atom is -0.290 e. The van der Waals surface area contributed by atoms with Crippen LogP contribution in [0.4, 0.5) is 0 Å². The zero-order chi connectivity index (χ0) is 10.6. The Labute approximate surface area is 86.5 Å². The molecule has 0 saturated carbocycles. The summed E-state index contributed by atoms with van der Waals surface area (Å²) in [6.45, 7) is 7.21. The predicted molar refractivity (Wildman–Crippen MR) is 62.1 cm³/mol. The zero-order valence-corrected chi connectivity index (χ0v) is 8.61. The first kappa shape index (κ1) is 12.6. The normalized spacial score (nSPS) is 10.9. The molecule has 0 aromatic carbocycles. The Morgan fingerprint density at radius 2 is 1.29 bits per heavy atom. The Hall–Kier alpha value is -1.37. The van der Waals surface area contributed by atoms with Crippen LogP contribution in [0.5, 0.6) is 0 Å². The molecule has 0 fully saturated rings. The molecule has 0 aliphatic rings. The molecule has 0 atom stereocenters. The summed E-state index contributed by atoms with van der Waals surface area (Å²) in [7, 11) is 0. The van der Waals surface area contributed by atoms with E-state index in [9.17, 15) is 4.79 Å². The molecular formula is C13H18O. The Morgan fingerprint density at radius 1 is 0.857 bits per heavy atom. The fourth-order valence-corrected chi connectivity index (χ4v) is 0.883. The number of hydrogen-bond donors (Lipinski definition) is 0. The molecule has 14 heavy (non-hydrogen) atoms. The first-order valence-corrected chi connectivity index (χ1v) is 4.90. The molecule has 0 bridgehead atoms. The van der Waals surface area contributed by atoms with Crippen LogP contribution in [0.2, 0.25) is 0 Å². The second-order valence-corrected chi connectivity index (χ2v) is 2.94. The lowest BCUT2D eigenvalue weighted by atomic mass is 10.2. The number of carbonyl (C=O) groups is 1. The van der Waals surface area contributed by atoms with E-state index in [0.717, 1.165) is 25.7 Å². The monoisotopic (exact) mass is 190 g/mol. The van der Waals surface area contributed by atoms with Crippen molar-refractivity contribution < 1.29 is 4.79 Å². The van der Waals surface area contributed by atoms with Gasteiger partial charge >= 0.3 is 0 Å². The van der Waals surface area contributed by atoms with Crippen molar-refractivity contribution in [1.29, 1.82) is 0 Å². The lowest BCUT2D eigenvalue weighted by Gasteiger charge is -1.86. The van der Waals surface area contributed by atoms with Gasteiger partial charge in [0, 0.05) is 0 Å². The molecule has 0 spiro atoms. The standard InChI is InChI=1S/C13H18O/c1-3-5-7-9-11-13(14)12-10-8-6-4-2/h3-4,9-12H,1-2,5-8H2/b11-9+,12-10+. The Morgan fingerprint density at radius 3 is 1.64 bits per heavy atom. The summed E-state index contributed by atoms with van der Waals surface area (Å²) < 4.78 is 0. The number of ketones is 1. The molecule has 0 heterocycles. The lowest BCUT2D eigenvalue weighted by Crippen LogP contribution is -1.84. The summed E-state index contributed by atoms with van der Waals surface area (Å²) in [5.74, 6) is 0.0538. The second-order valence-electron chi connectivity index (χ2n) is 2.94. The van der Waals surface area contributed by atoms with E-state index < -0.39 is 0 Å². The van der Waals surface area contributed by atoms with E-state index in [2.05, 4.69) is 13.2 Å². The van der Waals surface area contributed by atoms with Gasteiger partial charge in [-0.2, -0.15) is 0 Å². The van der Waals surface area contributed by atoms with Gasteiger partial charge in [0.2, 0.25) is 0 Å². The number of rotatable bonds is 8. The van der Waals surface area contributed by atoms with E-state index in [4.69, 9.17) is 0 Å². The first-order chi connectivity index (χ1) is 6.81. The van der Waals surface area contributed by atoms with Gasteiger partial charge in [0.25, 0.3) is 0 Å². The van der Waals surface area contributed by atoms with Crippen molar-refractivity contribution in [2.24, 2.45) is 0 Å². The van der Waals surface area contributed by atoms with Gasteiger partial charge in [-0.1, -0.05) is 24.3 Å². The van der Waals surface area contributed by atoms with Crippen LogP contribution in [0.3, 0.4) is 0 Å². The molecule has 0 aliphatic heterocycles. The van der Waals surface area contributed by atoms with Gasteiger partial charge in [0.05, 0.1) is 0 Å². The molecule has 0 rings (SSSR count). The van der Waals surface area contributed by atoms with Crippen molar-refractivity contribution in [1.82, 2.24) is 0 Å². The average Bonchev–Trinajstić information content (AvgIpc) is 2.19. The van der Waals surface area contributed by atoms with Crippen molar-refractivity contribution in [2.45, 2.75) is 25.7 Å². The highest BCUT2D eigenvalue weighted by atomic mass is 16.1. The van der Waals surface area contributed by atoms with Crippen LogP contribution in [0.1, 0.15) is 25.7 Å².